The van der Waals surface area contributed by atoms with Gasteiger partial charge in [-0.05, 0) is 26.3 Å². The summed E-state index contributed by atoms with van der Waals surface area (Å²) in [5, 5.41) is 7.74. The van der Waals surface area contributed by atoms with Gasteiger partial charge in [0.25, 0.3) is 0 Å². The Morgan fingerprint density at radius 3 is 2.57 bits per heavy atom. The summed E-state index contributed by atoms with van der Waals surface area (Å²) in [6.07, 6.45) is 0. The number of thioether (sulfide) groups is 1. The molecule has 0 aliphatic rings. The highest BCUT2D eigenvalue weighted by molar-refractivity contribution is 8.01. The van der Waals surface area contributed by atoms with E-state index in [2.05, 4.69) is 31.0 Å². The molecule has 1 heterocycles. The minimum atomic E-state index is -0.214. The van der Waals surface area contributed by atoms with E-state index >= 15 is 0 Å². The van der Waals surface area contributed by atoms with Crippen molar-refractivity contribution in [2.24, 2.45) is 0 Å². The maximum atomic E-state index is 12.6. The smallest absolute Gasteiger partial charge is 0.233 e. The predicted octanol–water partition coefficient (Wildman–Crippen LogP) is 3.46. The van der Waals surface area contributed by atoms with Gasteiger partial charge in [-0.2, -0.15) is 0 Å². The van der Waals surface area contributed by atoms with Gasteiger partial charge in [-0.1, -0.05) is 53.4 Å². The maximum Gasteiger partial charge on any atom is 0.233 e. The van der Waals surface area contributed by atoms with Crippen LogP contribution in [0.3, 0.4) is 0 Å². The highest BCUT2D eigenvalue weighted by Gasteiger charge is 2.26. The molecule has 2 aromatic rings. The molecule has 1 aromatic carbocycles. The second kappa shape index (κ2) is 7.04. The van der Waals surface area contributed by atoms with E-state index in [1.807, 2.05) is 35.2 Å². The Labute approximate surface area is 133 Å². The topological polar surface area (TPSA) is 46.1 Å². The average molecular weight is 321 g/mol. The molecule has 0 radical (unpaired) electrons. The molecular formula is C15H19N3OS2. The first kappa shape index (κ1) is 16.0. The largest absolute Gasteiger partial charge is 0.333 e. The Morgan fingerprint density at radius 1 is 1.29 bits per heavy atom. The van der Waals surface area contributed by atoms with Crippen LogP contribution in [0.25, 0.3) is 0 Å². The molecule has 0 N–H and O–H groups in total. The van der Waals surface area contributed by atoms with Gasteiger partial charge in [0.15, 0.2) is 4.34 Å². The first-order valence-electron chi connectivity index (χ1n) is 6.70. The van der Waals surface area contributed by atoms with Crippen LogP contribution in [0.4, 0.5) is 0 Å². The monoisotopic (exact) mass is 321 g/mol. The molecule has 112 valence electrons. The Kier molecular flexibility index (Phi) is 5.36. The molecule has 0 aliphatic carbocycles. The van der Waals surface area contributed by atoms with Crippen LogP contribution in [-0.2, 0) is 11.3 Å². The zero-order valence-corrected chi connectivity index (χ0v) is 14.1. The summed E-state index contributed by atoms with van der Waals surface area (Å²) >= 11 is 2.90. The lowest BCUT2D eigenvalue weighted by atomic mass is 10.0. The number of hydrogen-bond acceptors (Lipinski definition) is 5. The van der Waals surface area contributed by atoms with Gasteiger partial charge in [0.1, 0.15) is 5.51 Å². The number of carbonyl (C=O) groups excluding carboxylic acids is 1. The molecule has 0 fully saturated rings. The number of aromatic nitrogens is 2. The molecule has 0 atom stereocenters. The zero-order chi connectivity index (χ0) is 15.3. The normalized spacial score (nSPS) is 11.4. The number of rotatable bonds is 5. The number of carbonyl (C=O) groups is 1. The van der Waals surface area contributed by atoms with Gasteiger partial charge in [0, 0.05) is 12.1 Å². The summed E-state index contributed by atoms with van der Waals surface area (Å²) in [4.78, 5) is 14.5. The Hall–Kier alpha value is -1.40. The Balaban J connectivity index is 2.03. The standard InChI is InChI=1S/C15H19N3OS2/c1-15(2,3)18(9-12-7-5-4-6-8-12)13(19)10-20-14-17-16-11-21-14/h4-8,11H,9-10H2,1-3H3. The minimum absolute atomic E-state index is 0.117. The SMILES string of the molecule is CC(C)(C)N(Cc1ccccc1)C(=O)CSc1nncs1. The third kappa shape index (κ3) is 4.82. The zero-order valence-electron chi connectivity index (χ0n) is 12.4. The van der Waals surface area contributed by atoms with E-state index in [0.717, 1.165) is 9.90 Å². The van der Waals surface area contributed by atoms with Gasteiger partial charge in [0.2, 0.25) is 5.91 Å². The highest BCUT2D eigenvalue weighted by Crippen LogP contribution is 2.23. The third-order valence-electron chi connectivity index (χ3n) is 2.95. The van der Waals surface area contributed by atoms with Gasteiger partial charge in [-0.25, -0.2) is 0 Å². The van der Waals surface area contributed by atoms with E-state index in [1.165, 1.54) is 23.1 Å². The van der Waals surface area contributed by atoms with Crippen molar-refractivity contribution in [2.75, 3.05) is 5.75 Å². The number of amides is 1. The Bertz CT molecular complexity index is 564. The summed E-state index contributed by atoms with van der Waals surface area (Å²) in [5.74, 6) is 0.505. The lowest BCUT2D eigenvalue weighted by Gasteiger charge is -2.36. The first-order valence-corrected chi connectivity index (χ1v) is 8.57. The summed E-state index contributed by atoms with van der Waals surface area (Å²) in [5.41, 5.74) is 2.61. The van der Waals surface area contributed by atoms with Crippen molar-refractivity contribution in [2.45, 2.75) is 37.2 Å². The van der Waals surface area contributed by atoms with Crippen molar-refractivity contribution in [1.82, 2.24) is 15.1 Å². The molecule has 0 bridgehead atoms. The minimum Gasteiger partial charge on any atom is -0.333 e. The molecule has 0 spiro atoms. The molecule has 21 heavy (non-hydrogen) atoms. The van der Waals surface area contributed by atoms with Crippen molar-refractivity contribution in [3.63, 3.8) is 0 Å². The van der Waals surface area contributed by atoms with Crippen molar-refractivity contribution in [1.29, 1.82) is 0 Å². The molecule has 0 saturated carbocycles. The number of nitrogens with zero attached hydrogens (tertiary/aromatic N) is 3. The lowest BCUT2D eigenvalue weighted by Crippen LogP contribution is -2.45. The average Bonchev–Trinajstić information content (AvgIpc) is 2.95. The van der Waals surface area contributed by atoms with Crippen molar-refractivity contribution >= 4 is 29.0 Å². The number of benzene rings is 1. The van der Waals surface area contributed by atoms with Gasteiger partial charge < -0.3 is 4.90 Å². The van der Waals surface area contributed by atoms with Crippen molar-refractivity contribution in [3.05, 3.63) is 41.4 Å². The quantitative estimate of drug-likeness (QED) is 0.791. The molecule has 0 aliphatic heterocycles. The third-order valence-corrected chi connectivity index (χ3v) is 4.80. The fourth-order valence-electron chi connectivity index (χ4n) is 1.89. The Morgan fingerprint density at radius 2 is 2.00 bits per heavy atom. The van der Waals surface area contributed by atoms with E-state index < -0.39 is 0 Å². The van der Waals surface area contributed by atoms with Gasteiger partial charge >= 0.3 is 0 Å². The van der Waals surface area contributed by atoms with Crippen LogP contribution in [0.15, 0.2) is 40.2 Å². The van der Waals surface area contributed by atoms with E-state index in [9.17, 15) is 4.79 Å². The molecule has 1 amide bonds. The van der Waals surface area contributed by atoms with Crippen molar-refractivity contribution in [3.8, 4) is 0 Å². The number of hydrogen-bond donors (Lipinski definition) is 0. The lowest BCUT2D eigenvalue weighted by molar-refractivity contribution is -0.133. The van der Waals surface area contributed by atoms with Crippen LogP contribution in [0.2, 0.25) is 0 Å². The highest BCUT2D eigenvalue weighted by atomic mass is 32.2. The second-order valence-corrected chi connectivity index (χ2v) is 7.69. The predicted molar refractivity (Wildman–Crippen MR) is 87.4 cm³/mol. The summed E-state index contributed by atoms with van der Waals surface area (Å²) in [6, 6.07) is 10.1. The van der Waals surface area contributed by atoms with Crippen LogP contribution in [0, 0.1) is 0 Å². The molecular weight excluding hydrogens is 302 g/mol. The fraction of sp³-hybridized carbons (Fsp3) is 0.400. The molecule has 6 heteroatoms. The second-order valence-electron chi connectivity index (χ2n) is 5.63. The summed E-state index contributed by atoms with van der Waals surface area (Å²) in [6.45, 7) is 6.80. The summed E-state index contributed by atoms with van der Waals surface area (Å²) in [7, 11) is 0. The van der Waals surface area contributed by atoms with Crippen LogP contribution in [-0.4, -0.2) is 32.3 Å². The first-order chi connectivity index (χ1) is 9.97. The summed E-state index contributed by atoms with van der Waals surface area (Å²) < 4.78 is 0.830. The van der Waals surface area contributed by atoms with Gasteiger partial charge in [-0.15, -0.1) is 10.2 Å². The van der Waals surface area contributed by atoms with E-state index in [0.29, 0.717) is 12.3 Å². The van der Waals surface area contributed by atoms with Crippen LogP contribution in [0.5, 0.6) is 0 Å². The van der Waals surface area contributed by atoms with E-state index in [4.69, 9.17) is 0 Å². The van der Waals surface area contributed by atoms with Gasteiger partial charge in [-0.3, -0.25) is 4.79 Å². The van der Waals surface area contributed by atoms with Crippen LogP contribution in [0.1, 0.15) is 26.3 Å². The van der Waals surface area contributed by atoms with E-state index in [-0.39, 0.29) is 11.4 Å². The van der Waals surface area contributed by atoms with Crippen LogP contribution < -0.4 is 0 Å². The molecule has 0 saturated heterocycles. The molecule has 4 nitrogen and oxygen atoms in total. The molecule has 2 rings (SSSR count). The van der Waals surface area contributed by atoms with Crippen molar-refractivity contribution < 1.29 is 4.79 Å². The molecule has 0 unspecified atom stereocenters. The maximum absolute atomic E-state index is 12.6. The van der Waals surface area contributed by atoms with E-state index in [1.54, 1.807) is 5.51 Å². The van der Waals surface area contributed by atoms with Crippen LogP contribution >= 0.6 is 23.1 Å². The van der Waals surface area contributed by atoms with Gasteiger partial charge in [0.05, 0.1) is 5.75 Å². The fourth-order valence-corrected chi connectivity index (χ4v) is 3.26. The molecule has 1 aromatic heterocycles.